The number of aromatic nitrogens is 1. The van der Waals surface area contributed by atoms with Gasteiger partial charge in [0.15, 0.2) is 0 Å². The molecule has 18 heavy (non-hydrogen) atoms. The molecule has 0 aromatic carbocycles. The van der Waals surface area contributed by atoms with Crippen LogP contribution in [0.1, 0.15) is 31.2 Å². The number of hydrogen-bond acceptors (Lipinski definition) is 4. The lowest BCUT2D eigenvalue weighted by atomic mass is 10.1. The van der Waals surface area contributed by atoms with E-state index in [0.29, 0.717) is 12.6 Å². The van der Waals surface area contributed by atoms with E-state index < -0.39 is 0 Å². The maximum atomic E-state index is 5.66. The lowest BCUT2D eigenvalue weighted by Crippen LogP contribution is -2.36. The molecule has 100 valence electrons. The maximum absolute atomic E-state index is 5.66. The summed E-state index contributed by atoms with van der Waals surface area (Å²) in [6, 6.07) is 6.09. The molecule has 0 saturated carbocycles. The largest absolute Gasteiger partial charge is 0.378 e. The number of ether oxygens (including phenoxy) is 1. The van der Waals surface area contributed by atoms with Crippen LogP contribution in [0.2, 0.25) is 0 Å². The van der Waals surface area contributed by atoms with Crippen LogP contribution in [0, 0.1) is 0 Å². The molecule has 1 aromatic heterocycles. The first-order chi connectivity index (χ1) is 8.81. The zero-order valence-electron chi connectivity index (χ0n) is 11.1. The Morgan fingerprint density at radius 3 is 2.72 bits per heavy atom. The van der Waals surface area contributed by atoms with E-state index in [1.807, 2.05) is 12.1 Å². The molecule has 2 heterocycles. The van der Waals surface area contributed by atoms with Crippen LogP contribution in [-0.2, 0) is 17.8 Å². The Labute approximate surface area is 109 Å². The van der Waals surface area contributed by atoms with E-state index >= 15 is 0 Å². The molecule has 1 aromatic rings. The van der Waals surface area contributed by atoms with Crippen molar-refractivity contribution in [2.24, 2.45) is 5.73 Å². The number of nitrogens with two attached hydrogens (primary N) is 1. The minimum atomic E-state index is 0.453. The number of hydrogen-bond donors (Lipinski definition) is 1. The first kappa shape index (κ1) is 13.5. The van der Waals surface area contributed by atoms with Crippen LogP contribution in [0.5, 0.6) is 0 Å². The van der Waals surface area contributed by atoms with Gasteiger partial charge in [-0.1, -0.05) is 6.07 Å². The number of rotatable bonds is 5. The average Bonchev–Trinajstić information content (AvgIpc) is 2.42. The van der Waals surface area contributed by atoms with Crippen molar-refractivity contribution in [2.75, 3.05) is 19.7 Å². The van der Waals surface area contributed by atoms with Gasteiger partial charge < -0.3 is 10.5 Å². The van der Waals surface area contributed by atoms with Crippen molar-refractivity contribution in [3.63, 3.8) is 0 Å². The second-order valence-electron chi connectivity index (χ2n) is 4.76. The van der Waals surface area contributed by atoms with Gasteiger partial charge in [0.2, 0.25) is 0 Å². The molecule has 4 heteroatoms. The Balaban J connectivity index is 1.83. The molecule has 0 radical (unpaired) electrons. The van der Waals surface area contributed by atoms with E-state index in [1.165, 1.54) is 0 Å². The summed E-state index contributed by atoms with van der Waals surface area (Å²) in [4.78, 5) is 6.99. The predicted molar refractivity (Wildman–Crippen MR) is 72.1 cm³/mol. The van der Waals surface area contributed by atoms with Gasteiger partial charge >= 0.3 is 0 Å². The Morgan fingerprint density at radius 2 is 2.06 bits per heavy atom. The van der Waals surface area contributed by atoms with Crippen LogP contribution >= 0.6 is 0 Å². The van der Waals surface area contributed by atoms with Gasteiger partial charge in [-0.15, -0.1) is 0 Å². The van der Waals surface area contributed by atoms with Gasteiger partial charge in [-0.2, -0.15) is 0 Å². The fourth-order valence-corrected chi connectivity index (χ4v) is 2.43. The third-order valence-corrected chi connectivity index (χ3v) is 3.40. The Kier molecular flexibility index (Phi) is 5.11. The molecule has 1 aliphatic heterocycles. The van der Waals surface area contributed by atoms with Crippen LogP contribution in [0.15, 0.2) is 18.2 Å². The second kappa shape index (κ2) is 6.83. The molecule has 0 bridgehead atoms. The summed E-state index contributed by atoms with van der Waals surface area (Å²) in [5.74, 6) is 0. The van der Waals surface area contributed by atoms with Crippen molar-refractivity contribution in [1.82, 2.24) is 9.88 Å². The topological polar surface area (TPSA) is 51.4 Å². The van der Waals surface area contributed by atoms with Crippen LogP contribution in [0.3, 0.4) is 0 Å². The van der Waals surface area contributed by atoms with Crippen LogP contribution in [-0.4, -0.2) is 35.7 Å². The van der Waals surface area contributed by atoms with E-state index in [9.17, 15) is 0 Å². The highest BCUT2D eigenvalue weighted by Gasteiger charge is 2.19. The minimum Gasteiger partial charge on any atom is -0.378 e. The molecule has 1 aliphatic rings. The number of nitrogens with zero attached hydrogens (tertiary/aromatic N) is 2. The molecule has 0 unspecified atom stereocenters. The third kappa shape index (κ3) is 3.77. The van der Waals surface area contributed by atoms with E-state index in [0.717, 1.165) is 50.5 Å². The summed E-state index contributed by atoms with van der Waals surface area (Å²) in [6.45, 7) is 6.52. The first-order valence-corrected chi connectivity index (χ1v) is 6.80. The van der Waals surface area contributed by atoms with Gasteiger partial charge in [0.05, 0.1) is 17.5 Å². The molecular formula is C14H23N3O. The highest BCUT2D eigenvalue weighted by atomic mass is 16.5. The fraction of sp³-hybridized carbons (Fsp3) is 0.643. The van der Waals surface area contributed by atoms with Crippen molar-refractivity contribution in [2.45, 2.75) is 39.0 Å². The minimum absolute atomic E-state index is 0.453. The van der Waals surface area contributed by atoms with Crippen molar-refractivity contribution >= 4 is 0 Å². The summed E-state index contributed by atoms with van der Waals surface area (Å²) in [6.07, 6.45) is 2.71. The highest BCUT2D eigenvalue weighted by Crippen LogP contribution is 2.15. The highest BCUT2D eigenvalue weighted by molar-refractivity contribution is 5.11. The van der Waals surface area contributed by atoms with Crippen LogP contribution in [0.25, 0.3) is 0 Å². The summed E-state index contributed by atoms with van der Waals surface area (Å²) in [5, 5.41) is 0. The van der Waals surface area contributed by atoms with E-state index in [1.54, 1.807) is 0 Å². The van der Waals surface area contributed by atoms with Gasteiger partial charge in [0.1, 0.15) is 0 Å². The molecule has 0 spiro atoms. The van der Waals surface area contributed by atoms with Gasteiger partial charge in [-0.25, -0.2) is 0 Å². The van der Waals surface area contributed by atoms with E-state index in [4.69, 9.17) is 10.5 Å². The molecule has 2 N–H and O–H groups in total. The maximum Gasteiger partial charge on any atom is 0.0599 e. The number of pyridine rings is 1. The summed E-state index contributed by atoms with van der Waals surface area (Å²) in [7, 11) is 0. The van der Waals surface area contributed by atoms with Crippen molar-refractivity contribution in [1.29, 1.82) is 0 Å². The monoisotopic (exact) mass is 249 g/mol. The summed E-state index contributed by atoms with van der Waals surface area (Å²) in [5.41, 5.74) is 7.70. The molecule has 1 saturated heterocycles. The lowest BCUT2D eigenvalue weighted by molar-refractivity contribution is 0.0122. The molecule has 1 fully saturated rings. The average molecular weight is 249 g/mol. The molecule has 2 rings (SSSR count). The summed E-state index contributed by atoms with van der Waals surface area (Å²) < 4.78 is 5.66. The molecule has 4 nitrogen and oxygen atoms in total. The molecule has 0 amide bonds. The zero-order valence-corrected chi connectivity index (χ0v) is 11.1. The van der Waals surface area contributed by atoms with Crippen molar-refractivity contribution < 1.29 is 4.74 Å². The number of piperidine rings is 1. The summed E-state index contributed by atoms with van der Waals surface area (Å²) >= 11 is 0. The zero-order chi connectivity index (χ0) is 12.8. The second-order valence-corrected chi connectivity index (χ2v) is 4.76. The smallest absolute Gasteiger partial charge is 0.0599 e. The van der Waals surface area contributed by atoms with Crippen LogP contribution in [0.4, 0.5) is 0 Å². The Bertz CT molecular complexity index is 362. The van der Waals surface area contributed by atoms with Gasteiger partial charge in [-0.3, -0.25) is 9.88 Å². The standard InChI is InChI=1S/C14H23N3O/c1-2-18-14-6-8-17(9-7-14)11-13-5-3-4-12(10-15)16-13/h3-5,14H,2,6-11,15H2,1H3. The van der Waals surface area contributed by atoms with Gasteiger partial charge in [0, 0.05) is 32.8 Å². The predicted octanol–water partition coefficient (Wildman–Crippen LogP) is 1.54. The van der Waals surface area contributed by atoms with Crippen LogP contribution < -0.4 is 5.73 Å². The first-order valence-electron chi connectivity index (χ1n) is 6.80. The molecular weight excluding hydrogens is 226 g/mol. The Hall–Kier alpha value is -0.970. The van der Waals surface area contributed by atoms with Gasteiger partial charge in [0.25, 0.3) is 0 Å². The lowest BCUT2D eigenvalue weighted by Gasteiger charge is -2.31. The van der Waals surface area contributed by atoms with E-state index in [-0.39, 0.29) is 0 Å². The SMILES string of the molecule is CCOC1CCN(Cc2cccc(CN)n2)CC1. The molecule has 0 aliphatic carbocycles. The van der Waals surface area contributed by atoms with Crippen molar-refractivity contribution in [3.05, 3.63) is 29.6 Å². The van der Waals surface area contributed by atoms with Crippen molar-refractivity contribution in [3.8, 4) is 0 Å². The quantitative estimate of drug-likeness (QED) is 0.860. The van der Waals surface area contributed by atoms with E-state index in [2.05, 4.69) is 22.9 Å². The van der Waals surface area contributed by atoms with Gasteiger partial charge in [-0.05, 0) is 31.9 Å². The normalized spacial score (nSPS) is 18.1. The fourth-order valence-electron chi connectivity index (χ4n) is 2.43. The Morgan fingerprint density at radius 1 is 1.33 bits per heavy atom. The third-order valence-electron chi connectivity index (χ3n) is 3.40. The number of likely N-dealkylation sites (tertiary alicyclic amines) is 1. The molecule has 0 atom stereocenters.